The van der Waals surface area contributed by atoms with Crippen molar-refractivity contribution in [2.75, 3.05) is 11.4 Å². The van der Waals surface area contributed by atoms with E-state index in [2.05, 4.69) is 39.4 Å². The Bertz CT molecular complexity index is 524. The van der Waals surface area contributed by atoms with Crippen LogP contribution in [-0.2, 0) is 13.0 Å². The topological polar surface area (TPSA) is 29.0 Å². The first-order valence-electron chi connectivity index (χ1n) is 5.64. The van der Waals surface area contributed by atoms with E-state index in [1.165, 1.54) is 11.1 Å². The molecular formula is C13H12ClN3. The number of rotatable bonds is 1. The van der Waals surface area contributed by atoms with Crippen LogP contribution in [0.15, 0.2) is 36.4 Å². The lowest BCUT2D eigenvalue weighted by Crippen LogP contribution is -2.31. The Balaban J connectivity index is 1.86. The molecule has 17 heavy (non-hydrogen) atoms. The normalized spacial score (nSPS) is 14.5. The molecule has 3 nitrogen and oxygen atoms in total. The number of nitrogens with zero attached hydrogens (tertiary/aromatic N) is 3. The smallest absolute Gasteiger partial charge is 0.151 e. The molecule has 2 heterocycles. The summed E-state index contributed by atoms with van der Waals surface area (Å²) in [4.78, 5) is 2.23. The molecule has 86 valence electrons. The summed E-state index contributed by atoms with van der Waals surface area (Å²) in [6.45, 7) is 1.87. The molecule has 1 aromatic carbocycles. The largest absolute Gasteiger partial charge is 0.350 e. The van der Waals surface area contributed by atoms with Gasteiger partial charge in [-0.2, -0.15) is 0 Å². The summed E-state index contributed by atoms with van der Waals surface area (Å²) in [5.41, 5.74) is 2.81. The Kier molecular flexibility index (Phi) is 2.69. The van der Waals surface area contributed by atoms with Gasteiger partial charge in [-0.1, -0.05) is 35.9 Å². The average molecular weight is 246 g/mol. The van der Waals surface area contributed by atoms with E-state index in [9.17, 15) is 0 Å². The molecule has 0 saturated carbocycles. The van der Waals surface area contributed by atoms with E-state index in [1.807, 2.05) is 6.07 Å². The minimum absolute atomic E-state index is 0.436. The molecule has 0 N–H and O–H groups in total. The molecular weight excluding hydrogens is 234 g/mol. The monoisotopic (exact) mass is 245 g/mol. The molecule has 2 aromatic rings. The van der Waals surface area contributed by atoms with Crippen LogP contribution in [0, 0.1) is 0 Å². The van der Waals surface area contributed by atoms with Gasteiger partial charge in [-0.15, -0.1) is 10.2 Å². The summed E-state index contributed by atoms with van der Waals surface area (Å²) in [6, 6.07) is 12.2. The fraction of sp³-hybridized carbons (Fsp3) is 0.231. The second-order valence-electron chi connectivity index (χ2n) is 4.15. The van der Waals surface area contributed by atoms with E-state index in [4.69, 9.17) is 11.6 Å². The lowest BCUT2D eigenvalue weighted by atomic mass is 10.00. The van der Waals surface area contributed by atoms with Crippen molar-refractivity contribution in [3.8, 4) is 0 Å². The van der Waals surface area contributed by atoms with Gasteiger partial charge in [-0.25, -0.2) is 0 Å². The molecule has 1 aromatic heterocycles. The van der Waals surface area contributed by atoms with Gasteiger partial charge in [0.05, 0.1) is 0 Å². The quantitative estimate of drug-likeness (QED) is 0.774. The van der Waals surface area contributed by atoms with E-state index in [-0.39, 0.29) is 0 Å². The van der Waals surface area contributed by atoms with Crippen molar-refractivity contribution < 1.29 is 0 Å². The van der Waals surface area contributed by atoms with E-state index >= 15 is 0 Å². The van der Waals surface area contributed by atoms with Crippen LogP contribution in [0.3, 0.4) is 0 Å². The van der Waals surface area contributed by atoms with E-state index in [0.717, 1.165) is 25.3 Å². The summed E-state index contributed by atoms with van der Waals surface area (Å²) in [5.74, 6) is 0.893. The number of fused-ring (bicyclic) bond motifs is 1. The molecule has 0 fully saturated rings. The maximum atomic E-state index is 5.74. The summed E-state index contributed by atoms with van der Waals surface area (Å²) in [5, 5.41) is 8.44. The van der Waals surface area contributed by atoms with Gasteiger partial charge < -0.3 is 4.90 Å². The first-order valence-corrected chi connectivity index (χ1v) is 6.02. The zero-order valence-corrected chi connectivity index (χ0v) is 10.1. The molecule has 0 spiro atoms. The van der Waals surface area contributed by atoms with Crippen molar-refractivity contribution in [3.05, 3.63) is 52.7 Å². The molecule has 0 atom stereocenters. The van der Waals surface area contributed by atoms with E-state index in [1.54, 1.807) is 6.07 Å². The zero-order valence-electron chi connectivity index (χ0n) is 9.31. The van der Waals surface area contributed by atoms with Crippen LogP contribution in [0.5, 0.6) is 0 Å². The van der Waals surface area contributed by atoms with Crippen molar-refractivity contribution >= 4 is 17.4 Å². The molecule has 3 rings (SSSR count). The average Bonchev–Trinajstić information content (AvgIpc) is 2.39. The third-order valence-electron chi connectivity index (χ3n) is 3.07. The first kappa shape index (κ1) is 10.5. The molecule has 1 aliphatic heterocycles. The van der Waals surface area contributed by atoms with Gasteiger partial charge in [-0.05, 0) is 29.7 Å². The Hall–Kier alpha value is -1.61. The molecule has 0 aliphatic carbocycles. The van der Waals surface area contributed by atoms with E-state index in [0.29, 0.717) is 5.15 Å². The Morgan fingerprint density at radius 2 is 1.82 bits per heavy atom. The molecule has 0 amide bonds. The predicted molar refractivity (Wildman–Crippen MR) is 68.2 cm³/mol. The van der Waals surface area contributed by atoms with Crippen LogP contribution in [-0.4, -0.2) is 16.7 Å². The Morgan fingerprint density at radius 3 is 2.59 bits per heavy atom. The van der Waals surface area contributed by atoms with Gasteiger partial charge in [0.1, 0.15) is 0 Å². The highest BCUT2D eigenvalue weighted by Gasteiger charge is 2.16. The highest BCUT2D eigenvalue weighted by Crippen LogP contribution is 2.22. The number of hydrogen-bond acceptors (Lipinski definition) is 3. The fourth-order valence-corrected chi connectivity index (χ4v) is 2.27. The maximum absolute atomic E-state index is 5.74. The van der Waals surface area contributed by atoms with Crippen molar-refractivity contribution in [3.63, 3.8) is 0 Å². The van der Waals surface area contributed by atoms with Crippen molar-refractivity contribution in [1.82, 2.24) is 10.2 Å². The minimum atomic E-state index is 0.436. The number of benzene rings is 1. The predicted octanol–water partition coefficient (Wildman–Crippen LogP) is 2.69. The van der Waals surface area contributed by atoms with Gasteiger partial charge >= 0.3 is 0 Å². The van der Waals surface area contributed by atoms with Gasteiger partial charge in [0.15, 0.2) is 11.0 Å². The molecule has 4 heteroatoms. The highest BCUT2D eigenvalue weighted by molar-refractivity contribution is 6.29. The standard InChI is InChI=1S/C13H12ClN3/c14-12-5-6-13(16-15-12)17-8-7-10-3-1-2-4-11(10)9-17/h1-6H,7-9H2. The van der Waals surface area contributed by atoms with Crippen molar-refractivity contribution in [1.29, 1.82) is 0 Å². The van der Waals surface area contributed by atoms with Crippen LogP contribution >= 0.6 is 11.6 Å². The van der Waals surface area contributed by atoms with Crippen LogP contribution in [0.2, 0.25) is 5.15 Å². The number of aromatic nitrogens is 2. The van der Waals surface area contributed by atoms with Gasteiger partial charge in [0.2, 0.25) is 0 Å². The number of anilines is 1. The van der Waals surface area contributed by atoms with Gasteiger partial charge in [0, 0.05) is 13.1 Å². The number of hydrogen-bond donors (Lipinski definition) is 0. The van der Waals surface area contributed by atoms with Crippen molar-refractivity contribution in [2.45, 2.75) is 13.0 Å². The lowest BCUT2D eigenvalue weighted by Gasteiger charge is -2.29. The zero-order chi connectivity index (χ0) is 11.7. The fourth-order valence-electron chi connectivity index (χ4n) is 2.17. The molecule has 0 saturated heterocycles. The van der Waals surface area contributed by atoms with Crippen LogP contribution in [0.25, 0.3) is 0 Å². The van der Waals surface area contributed by atoms with Gasteiger partial charge in [-0.3, -0.25) is 0 Å². The molecule has 0 bridgehead atoms. The molecule has 1 aliphatic rings. The summed E-state index contributed by atoms with van der Waals surface area (Å²) in [7, 11) is 0. The van der Waals surface area contributed by atoms with E-state index < -0.39 is 0 Å². The molecule has 0 radical (unpaired) electrons. The molecule has 0 unspecified atom stereocenters. The third-order valence-corrected chi connectivity index (χ3v) is 3.27. The highest BCUT2D eigenvalue weighted by atomic mass is 35.5. The number of halogens is 1. The Labute approximate surface area is 105 Å². The third kappa shape index (κ3) is 2.11. The second kappa shape index (κ2) is 4.34. The van der Waals surface area contributed by atoms with Crippen LogP contribution < -0.4 is 4.90 Å². The summed E-state index contributed by atoms with van der Waals surface area (Å²) < 4.78 is 0. The van der Waals surface area contributed by atoms with Crippen molar-refractivity contribution in [2.24, 2.45) is 0 Å². The SMILES string of the molecule is Clc1ccc(N2CCc3ccccc3C2)nn1. The lowest BCUT2D eigenvalue weighted by molar-refractivity contribution is 0.713. The summed E-state index contributed by atoms with van der Waals surface area (Å²) >= 11 is 5.74. The minimum Gasteiger partial charge on any atom is -0.350 e. The first-order chi connectivity index (χ1) is 8.33. The summed E-state index contributed by atoms with van der Waals surface area (Å²) in [6.07, 6.45) is 1.06. The second-order valence-corrected chi connectivity index (χ2v) is 4.54. The maximum Gasteiger partial charge on any atom is 0.151 e. The van der Waals surface area contributed by atoms with Gasteiger partial charge in [0.25, 0.3) is 0 Å². The van der Waals surface area contributed by atoms with Crippen LogP contribution in [0.1, 0.15) is 11.1 Å². The van der Waals surface area contributed by atoms with Crippen LogP contribution in [0.4, 0.5) is 5.82 Å². The Morgan fingerprint density at radius 1 is 1.00 bits per heavy atom.